The van der Waals surface area contributed by atoms with Crippen molar-refractivity contribution in [3.8, 4) is 0 Å². The Morgan fingerprint density at radius 1 is 0.714 bits per heavy atom. The minimum atomic E-state index is -0.715. The van der Waals surface area contributed by atoms with Gasteiger partial charge in [-0.2, -0.15) is 0 Å². The van der Waals surface area contributed by atoms with Gasteiger partial charge in [-0.1, -0.05) is 0 Å². The summed E-state index contributed by atoms with van der Waals surface area (Å²) in [5, 5.41) is 1.14. The third-order valence-corrected chi connectivity index (χ3v) is 11.2. The van der Waals surface area contributed by atoms with Crippen molar-refractivity contribution in [1.82, 2.24) is 0 Å². The van der Waals surface area contributed by atoms with Crippen LogP contribution < -0.4 is 17.0 Å². The minimum Gasteiger partial charge on any atom is -1.00 e. The van der Waals surface area contributed by atoms with E-state index in [1.165, 1.54) is 12.8 Å². The number of hydrogen-bond acceptors (Lipinski definition) is 0. The zero-order valence-electron chi connectivity index (χ0n) is 10.7. The Hall–Kier alpha value is 0.910. The Morgan fingerprint density at radius 2 is 1.00 bits per heavy atom. The van der Waals surface area contributed by atoms with Gasteiger partial charge in [0.1, 0.15) is 0 Å². The van der Waals surface area contributed by atoms with Crippen molar-refractivity contribution in [3.63, 3.8) is 0 Å². The maximum absolute atomic E-state index is 2.47. The van der Waals surface area contributed by atoms with Gasteiger partial charge >= 0.3 is 0 Å². The molecule has 2 heteroatoms. The van der Waals surface area contributed by atoms with Gasteiger partial charge in [0.05, 0.1) is 22.6 Å². The molecule has 86 valence electrons. The van der Waals surface area contributed by atoms with E-state index in [0.717, 1.165) is 0 Å². The standard InChI is InChI=1S/C12H26P.BrH/c1-11(2,3)13(12(4,5)6)9-7-8-10-13;/h7-10H2,1-6H3;1H/q+1;/p-1. The van der Waals surface area contributed by atoms with Gasteiger partial charge in [-0.15, -0.1) is 0 Å². The summed E-state index contributed by atoms with van der Waals surface area (Å²) < 4.78 is 0. The molecule has 0 saturated carbocycles. The zero-order valence-corrected chi connectivity index (χ0v) is 13.1. The highest BCUT2D eigenvalue weighted by Gasteiger charge is 2.58. The first kappa shape index (κ1) is 14.9. The van der Waals surface area contributed by atoms with Gasteiger partial charge in [0, 0.05) is 7.26 Å². The summed E-state index contributed by atoms with van der Waals surface area (Å²) in [5.41, 5.74) is 0. The Kier molecular flexibility index (Phi) is 4.70. The minimum absolute atomic E-state index is 0. The van der Waals surface area contributed by atoms with Gasteiger partial charge in [0.15, 0.2) is 0 Å². The van der Waals surface area contributed by atoms with E-state index in [9.17, 15) is 0 Å². The molecule has 1 fully saturated rings. The molecule has 1 aliphatic heterocycles. The molecule has 1 aliphatic rings. The van der Waals surface area contributed by atoms with Crippen LogP contribution in [-0.4, -0.2) is 22.6 Å². The van der Waals surface area contributed by atoms with E-state index in [2.05, 4.69) is 41.5 Å². The van der Waals surface area contributed by atoms with Crippen LogP contribution in [0.1, 0.15) is 54.4 Å². The zero-order chi connectivity index (χ0) is 10.3. The fourth-order valence-electron chi connectivity index (χ4n) is 3.22. The van der Waals surface area contributed by atoms with Gasteiger partial charge in [-0.25, -0.2) is 0 Å². The van der Waals surface area contributed by atoms with E-state index in [1.54, 1.807) is 12.3 Å². The van der Waals surface area contributed by atoms with Crippen LogP contribution in [0.4, 0.5) is 0 Å². The van der Waals surface area contributed by atoms with Crippen LogP contribution >= 0.6 is 7.26 Å². The quantitative estimate of drug-likeness (QED) is 0.589. The first-order valence-corrected chi connectivity index (χ1v) is 7.74. The second kappa shape index (κ2) is 4.42. The highest BCUT2D eigenvalue weighted by molar-refractivity contribution is 7.78. The summed E-state index contributed by atoms with van der Waals surface area (Å²) in [6.07, 6.45) is 6.06. The molecule has 1 rings (SSSR count). The predicted molar refractivity (Wildman–Crippen MR) is 65.4 cm³/mol. The summed E-state index contributed by atoms with van der Waals surface area (Å²) in [7, 11) is -0.715. The van der Waals surface area contributed by atoms with Crippen LogP contribution in [0.15, 0.2) is 0 Å². The van der Waals surface area contributed by atoms with Crippen LogP contribution in [-0.2, 0) is 0 Å². The average molecular weight is 281 g/mol. The van der Waals surface area contributed by atoms with Gasteiger partial charge in [0.2, 0.25) is 0 Å². The summed E-state index contributed by atoms with van der Waals surface area (Å²) >= 11 is 0. The second-order valence-corrected chi connectivity index (χ2v) is 12.0. The van der Waals surface area contributed by atoms with Crippen molar-refractivity contribution in [2.75, 3.05) is 12.3 Å². The molecule has 0 amide bonds. The van der Waals surface area contributed by atoms with Crippen molar-refractivity contribution in [1.29, 1.82) is 0 Å². The van der Waals surface area contributed by atoms with Crippen molar-refractivity contribution < 1.29 is 17.0 Å². The van der Waals surface area contributed by atoms with Gasteiger partial charge in [-0.3, -0.25) is 0 Å². The van der Waals surface area contributed by atoms with Crippen LogP contribution in [0.3, 0.4) is 0 Å². The lowest BCUT2D eigenvalue weighted by Crippen LogP contribution is -3.00. The molecular weight excluding hydrogens is 255 g/mol. The first-order valence-electron chi connectivity index (χ1n) is 5.58. The molecule has 14 heavy (non-hydrogen) atoms. The predicted octanol–water partition coefficient (Wildman–Crippen LogP) is 1.40. The monoisotopic (exact) mass is 280 g/mol. The average Bonchev–Trinajstić information content (AvgIpc) is 2.28. The highest BCUT2D eigenvalue weighted by Crippen LogP contribution is 2.79. The van der Waals surface area contributed by atoms with Crippen LogP contribution in [0.2, 0.25) is 0 Å². The van der Waals surface area contributed by atoms with E-state index >= 15 is 0 Å². The van der Waals surface area contributed by atoms with Crippen molar-refractivity contribution >= 4 is 7.26 Å². The Balaban J connectivity index is 0.00000169. The summed E-state index contributed by atoms with van der Waals surface area (Å²) in [6.45, 7) is 14.8. The molecular formula is C12H26BrP. The lowest BCUT2D eigenvalue weighted by atomic mass is 10.2. The number of halogens is 1. The van der Waals surface area contributed by atoms with Crippen LogP contribution in [0.5, 0.6) is 0 Å². The second-order valence-electron chi connectivity index (χ2n) is 6.46. The molecule has 0 spiro atoms. The third kappa shape index (κ3) is 2.35. The van der Waals surface area contributed by atoms with Crippen LogP contribution in [0, 0.1) is 0 Å². The van der Waals surface area contributed by atoms with E-state index in [-0.39, 0.29) is 17.0 Å². The number of hydrogen-bond donors (Lipinski definition) is 0. The largest absolute Gasteiger partial charge is 1.00 e. The third-order valence-electron chi connectivity index (χ3n) is 3.90. The van der Waals surface area contributed by atoms with Gasteiger partial charge in [-0.05, 0) is 54.4 Å². The van der Waals surface area contributed by atoms with Gasteiger partial charge < -0.3 is 17.0 Å². The lowest BCUT2D eigenvalue weighted by Gasteiger charge is -2.44. The Morgan fingerprint density at radius 3 is 1.14 bits per heavy atom. The molecule has 0 N–H and O–H groups in total. The Labute approximate surface area is 101 Å². The topological polar surface area (TPSA) is 0 Å². The molecule has 0 nitrogen and oxygen atoms in total. The molecule has 0 aromatic rings. The molecule has 0 radical (unpaired) electrons. The maximum atomic E-state index is 2.47. The van der Waals surface area contributed by atoms with Gasteiger partial charge in [0.25, 0.3) is 0 Å². The summed E-state index contributed by atoms with van der Waals surface area (Å²) in [5.74, 6) is 0. The first-order chi connectivity index (χ1) is 5.71. The normalized spacial score (nSPS) is 21.9. The SMILES string of the molecule is CC(C)(C)[P+]1(C(C)(C)C)CCCC1.[Br-]. The molecule has 0 aromatic carbocycles. The molecule has 0 atom stereocenters. The fourth-order valence-corrected chi connectivity index (χ4v) is 9.67. The van der Waals surface area contributed by atoms with E-state index in [4.69, 9.17) is 0 Å². The molecule has 0 aromatic heterocycles. The highest BCUT2D eigenvalue weighted by atomic mass is 79.9. The molecule has 0 unspecified atom stereocenters. The molecule has 0 aliphatic carbocycles. The van der Waals surface area contributed by atoms with Crippen molar-refractivity contribution in [2.24, 2.45) is 0 Å². The molecule has 1 saturated heterocycles. The van der Waals surface area contributed by atoms with E-state index < -0.39 is 7.26 Å². The van der Waals surface area contributed by atoms with Crippen molar-refractivity contribution in [3.05, 3.63) is 0 Å². The number of rotatable bonds is 0. The summed E-state index contributed by atoms with van der Waals surface area (Å²) in [4.78, 5) is 0. The van der Waals surface area contributed by atoms with Crippen LogP contribution in [0.25, 0.3) is 0 Å². The fraction of sp³-hybridized carbons (Fsp3) is 1.00. The van der Waals surface area contributed by atoms with E-state index in [0.29, 0.717) is 10.3 Å². The molecule has 0 bridgehead atoms. The van der Waals surface area contributed by atoms with E-state index in [1.807, 2.05) is 0 Å². The molecule has 1 heterocycles. The maximum Gasteiger partial charge on any atom is 0.0720 e. The Bertz CT molecular complexity index is 163. The lowest BCUT2D eigenvalue weighted by molar-refractivity contribution is -0.00000352. The summed E-state index contributed by atoms with van der Waals surface area (Å²) in [6, 6.07) is 0. The smallest absolute Gasteiger partial charge is 0.0720 e. The van der Waals surface area contributed by atoms with Crippen molar-refractivity contribution in [2.45, 2.75) is 64.7 Å².